The number of para-hydroxylation sites is 1. The van der Waals surface area contributed by atoms with Gasteiger partial charge in [0.25, 0.3) is 0 Å². The standard InChI is InChI=1S/C16H16N2O3/c1-18(14-9-5-2-6-11(14)10-17)15(19)12-7-3-4-8-13(12)16(20)21/h2-6,9,12-13H,7-8H2,1H3,(H,20,21). The molecule has 21 heavy (non-hydrogen) atoms. The fraction of sp³-hybridized carbons (Fsp3) is 0.312. The second-order valence-electron chi connectivity index (χ2n) is 5.02. The molecule has 108 valence electrons. The average molecular weight is 284 g/mol. The van der Waals surface area contributed by atoms with Crippen molar-refractivity contribution in [2.24, 2.45) is 11.8 Å². The quantitative estimate of drug-likeness (QED) is 0.863. The predicted molar refractivity (Wildman–Crippen MR) is 77.6 cm³/mol. The fourth-order valence-corrected chi connectivity index (χ4v) is 2.59. The Morgan fingerprint density at radius 2 is 1.86 bits per heavy atom. The van der Waals surface area contributed by atoms with Crippen molar-refractivity contribution in [1.82, 2.24) is 0 Å². The van der Waals surface area contributed by atoms with Gasteiger partial charge in [0.15, 0.2) is 0 Å². The van der Waals surface area contributed by atoms with Crippen LogP contribution in [0.5, 0.6) is 0 Å². The summed E-state index contributed by atoms with van der Waals surface area (Å²) in [5.41, 5.74) is 0.898. The molecule has 1 aromatic carbocycles. The number of aliphatic carboxylic acids is 1. The van der Waals surface area contributed by atoms with Gasteiger partial charge in [-0.25, -0.2) is 0 Å². The van der Waals surface area contributed by atoms with E-state index in [2.05, 4.69) is 0 Å². The number of anilines is 1. The fourth-order valence-electron chi connectivity index (χ4n) is 2.59. The van der Waals surface area contributed by atoms with Gasteiger partial charge in [0.2, 0.25) is 5.91 Å². The van der Waals surface area contributed by atoms with Crippen molar-refractivity contribution in [3.05, 3.63) is 42.0 Å². The largest absolute Gasteiger partial charge is 0.481 e. The van der Waals surface area contributed by atoms with Crippen molar-refractivity contribution in [3.63, 3.8) is 0 Å². The Labute approximate surface area is 123 Å². The number of hydrogen-bond donors (Lipinski definition) is 1. The van der Waals surface area contributed by atoms with Crippen molar-refractivity contribution in [3.8, 4) is 6.07 Å². The molecule has 1 aromatic rings. The summed E-state index contributed by atoms with van der Waals surface area (Å²) in [6.07, 6.45) is 4.41. The maximum Gasteiger partial charge on any atom is 0.307 e. The minimum absolute atomic E-state index is 0.269. The number of amides is 1. The van der Waals surface area contributed by atoms with Crippen LogP contribution >= 0.6 is 0 Å². The highest BCUT2D eigenvalue weighted by Crippen LogP contribution is 2.29. The van der Waals surface area contributed by atoms with Crippen LogP contribution in [0.15, 0.2) is 36.4 Å². The molecule has 1 aliphatic rings. The van der Waals surface area contributed by atoms with Crippen LogP contribution in [-0.4, -0.2) is 24.0 Å². The zero-order valence-corrected chi connectivity index (χ0v) is 11.7. The monoisotopic (exact) mass is 284 g/mol. The van der Waals surface area contributed by atoms with E-state index in [0.717, 1.165) is 0 Å². The summed E-state index contributed by atoms with van der Waals surface area (Å²) in [5, 5.41) is 18.4. The van der Waals surface area contributed by atoms with Crippen LogP contribution in [0.4, 0.5) is 5.69 Å². The van der Waals surface area contributed by atoms with Gasteiger partial charge in [-0.05, 0) is 25.0 Å². The molecule has 0 saturated carbocycles. The summed E-state index contributed by atoms with van der Waals surface area (Å²) in [5.74, 6) is -2.53. The summed E-state index contributed by atoms with van der Waals surface area (Å²) >= 11 is 0. The first-order valence-corrected chi connectivity index (χ1v) is 6.70. The Hall–Kier alpha value is -2.61. The molecule has 2 rings (SSSR count). The second kappa shape index (κ2) is 6.23. The molecular weight excluding hydrogens is 268 g/mol. The first kappa shape index (κ1) is 14.8. The SMILES string of the molecule is CN(C(=O)C1CC=CCC1C(=O)O)c1ccccc1C#N. The number of hydrogen-bond acceptors (Lipinski definition) is 3. The lowest BCUT2D eigenvalue weighted by Gasteiger charge is -2.29. The molecule has 2 atom stereocenters. The summed E-state index contributed by atoms with van der Waals surface area (Å²) in [6.45, 7) is 0. The number of carbonyl (C=O) groups is 2. The Morgan fingerprint density at radius 3 is 2.48 bits per heavy atom. The lowest BCUT2D eigenvalue weighted by Crippen LogP contribution is -2.40. The van der Waals surface area contributed by atoms with Crippen LogP contribution in [0.3, 0.4) is 0 Å². The van der Waals surface area contributed by atoms with E-state index in [1.54, 1.807) is 37.4 Å². The molecule has 2 unspecified atom stereocenters. The van der Waals surface area contributed by atoms with E-state index in [-0.39, 0.29) is 5.91 Å². The van der Waals surface area contributed by atoms with Crippen molar-refractivity contribution in [2.75, 3.05) is 11.9 Å². The second-order valence-corrected chi connectivity index (χ2v) is 5.02. The van der Waals surface area contributed by atoms with Crippen LogP contribution < -0.4 is 4.90 Å². The van der Waals surface area contributed by atoms with Gasteiger partial charge in [-0.2, -0.15) is 5.26 Å². The summed E-state index contributed by atoms with van der Waals surface area (Å²) in [4.78, 5) is 25.3. The van der Waals surface area contributed by atoms with E-state index in [0.29, 0.717) is 24.1 Å². The zero-order valence-electron chi connectivity index (χ0n) is 11.7. The summed E-state index contributed by atoms with van der Waals surface area (Å²) in [7, 11) is 1.58. The molecule has 0 bridgehead atoms. The third-order valence-corrected chi connectivity index (χ3v) is 3.78. The number of carboxylic acids is 1. The topological polar surface area (TPSA) is 81.4 Å². The average Bonchev–Trinajstić information content (AvgIpc) is 2.53. The molecule has 0 saturated heterocycles. The van der Waals surface area contributed by atoms with Gasteiger partial charge in [0.05, 0.1) is 23.1 Å². The summed E-state index contributed by atoms with van der Waals surface area (Å²) < 4.78 is 0. The van der Waals surface area contributed by atoms with Crippen molar-refractivity contribution in [1.29, 1.82) is 5.26 Å². The van der Waals surface area contributed by atoms with E-state index >= 15 is 0 Å². The molecule has 0 heterocycles. The lowest BCUT2D eigenvalue weighted by molar-refractivity contribution is -0.146. The van der Waals surface area contributed by atoms with Crippen molar-refractivity contribution in [2.45, 2.75) is 12.8 Å². The molecule has 5 nitrogen and oxygen atoms in total. The highest BCUT2D eigenvalue weighted by molar-refractivity contribution is 5.98. The molecule has 0 fully saturated rings. The molecule has 1 N–H and O–H groups in total. The number of benzene rings is 1. The predicted octanol–water partition coefficient (Wildman–Crippen LogP) is 2.19. The minimum Gasteiger partial charge on any atom is -0.481 e. The first-order chi connectivity index (χ1) is 10.1. The van der Waals surface area contributed by atoms with E-state index in [9.17, 15) is 14.7 Å². The van der Waals surface area contributed by atoms with Crippen molar-refractivity contribution < 1.29 is 14.7 Å². The Kier molecular flexibility index (Phi) is 4.39. The van der Waals surface area contributed by atoms with Gasteiger partial charge >= 0.3 is 5.97 Å². The molecule has 1 amide bonds. The molecule has 0 aromatic heterocycles. The number of nitrogens with zero attached hydrogens (tertiary/aromatic N) is 2. The maximum absolute atomic E-state index is 12.6. The van der Waals surface area contributed by atoms with Gasteiger partial charge in [0, 0.05) is 7.05 Å². The van der Waals surface area contributed by atoms with Gasteiger partial charge in [-0.15, -0.1) is 0 Å². The Balaban J connectivity index is 2.28. The van der Waals surface area contributed by atoms with E-state index < -0.39 is 17.8 Å². The first-order valence-electron chi connectivity index (χ1n) is 6.70. The minimum atomic E-state index is -0.959. The van der Waals surface area contributed by atoms with E-state index in [1.807, 2.05) is 12.1 Å². The number of carbonyl (C=O) groups excluding carboxylic acids is 1. The maximum atomic E-state index is 12.6. The van der Waals surface area contributed by atoms with Gasteiger partial charge in [0.1, 0.15) is 6.07 Å². The molecule has 1 aliphatic carbocycles. The number of rotatable bonds is 3. The van der Waals surface area contributed by atoms with Crippen LogP contribution in [-0.2, 0) is 9.59 Å². The van der Waals surface area contributed by atoms with Gasteiger partial charge in [-0.1, -0.05) is 24.3 Å². The van der Waals surface area contributed by atoms with Gasteiger partial charge in [-0.3, -0.25) is 9.59 Å². The number of nitriles is 1. The Bertz CT molecular complexity index is 631. The molecule has 5 heteroatoms. The lowest BCUT2D eigenvalue weighted by atomic mass is 9.82. The highest BCUT2D eigenvalue weighted by Gasteiger charge is 2.36. The van der Waals surface area contributed by atoms with E-state index in [1.165, 1.54) is 4.90 Å². The molecule has 0 aliphatic heterocycles. The number of carboxylic acid groups (broad SMARTS) is 1. The van der Waals surface area contributed by atoms with Crippen LogP contribution in [0, 0.1) is 23.2 Å². The van der Waals surface area contributed by atoms with Crippen molar-refractivity contribution >= 4 is 17.6 Å². The van der Waals surface area contributed by atoms with E-state index in [4.69, 9.17) is 5.26 Å². The zero-order chi connectivity index (χ0) is 15.4. The Morgan fingerprint density at radius 1 is 1.24 bits per heavy atom. The smallest absolute Gasteiger partial charge is 0.307 e. The molecular formula is C16H16N2O3. The third kappa shape index (κ3) is 2.95. The van der Waals surface area contributed by atoms with Crippen LogP contribution in [0.2, 0.25) is 0 Å². The van der Waals surface area contributed by atoms with Crippen LogP contribution in [0.25, 0.3) is 0 Å². The highest BCUT2D eigenvalue weighted by atomic mass is 16.4. The summed E-state index contributed by atoms with van der Waals surface area (Å²) in [6, 6.07) is 8.83. The molecule has 0 radical (unpaired) electrons. The molecule has 0 spiro atoms. The van der Waals surface area contributed by atoms with Gasteiger partial charge < -0.3 is 10.0 Å². The van der Waals surface area contributed by atoms with Crippen LogP contribution in [0.1, 0.15) is 18.4 Å². The number of allylic oxidation sites excluding steroid dienone is 2. The third-order valence-electron chi connectivity index (χ3n) is 3.78. The normalized spacial score (nSPS) is 20.6.